The highest BCUT2D eigenvalue weighted by molar-refractivity contribution is 7.09. The summed E-state index contributed by atoms with van der Waals surface area (Å²) in [4.78, 5) is 4.61. The smallest absolute Gasteiger partial charge is 0.156 e. The molecule has 1 N–H and O–H groups in total. The van der Waals surface area contributed by atoms with Gasteiger partial charge in [-0.15, -0.1) is 11.3 Å². The number of rotatable bonds is 7. The zero-order valence-electron chi connectivity index (χ0n) is 17.6. The number of nitrogens with zero attached hydrogens (tertiary/aromatic N) is 3. The van der Waals surface area contributed by atoms with Crippen LogP contribution in [0.4, 0.5) is 0 Å². The SMILES string of the molecule is Cc1nc([C@H](C)NCc2cn(Cc3ccccc3)nc2-c2cc3ccccc3o2)cs1. The molecule has 31 heavy (non-hydrogen) atoms. The molecule has 3 aromatic heterocycles. The van der Waals surface area contributed by atoms with Crippen molar-refractivity contribution in [2.24, 2.45) is 0 Å². The minimum absolute atomic E-state index is 0.158. The Hall–Kier alpha value is -3.22. The quantitative estimate of drug-likeness (QED) is 0.347. The van der Waals surface area contributed by atoms with E-state index >= 15 is 0 Å². The lowest BCUT2D eigenvalue weighted by atomic mass is 10.1. The van der Waals surface area contributed by atoms with Crippen molar-refractivity contribution in [1.82, 2.24) is 20.1 Å². The minimum atomic E-state index is 0.158. The van der Waals surface area contributed by atoms with Crippen LogP contribution in [0.5, 0.6) is 0 Å². The van der Waals surface area contributed by atoms with Gasteiger partial charge < -0.3 is 9.73 Å². The van der Waals surface area contributed by atoms with Crippen molar-refractivity contribution in [3.8, 4) is 11.5 Å². The van der Waals surface area contributed by atoms with Crippen LogP contribution in [0.1, 0.15) is 34.8 Å². The number of aryl methyl sites for hydroxylation is 1. The Morgan fingerprint density at radius 1 is 1.10 bits per heavy atom. The fourth-order valence-corrected chi connectivity index (χ4v) is 4.40. The molecule has 156 valence electrons. The topological polar surface area (TPSA) is 55.9 Å². The van der Waals surface area contributed by atoms with Gasteiger partial charge >= 0.3 is 0 Å². The van der Waals surface area contributed by atoms with E-state index in [1.165, 1.54) is 5.56 Å². The Kier molecular flexibility index (Phi) is 5.40. The molecular weight excluding hydrogens is 404 g/mol. The van der Waals surface area contributed by atoms with Crippen molar-refractivity contribution < 1.29 is 4.42 Å². The number of hydrogen-bond acceptors (Lipinski definition) is 5. The Labute approximate surface area is 185 Å². The zero-order valence-corrected chi connectivity index (χ0v) is 18.4. The first-order valence-electron chi connectivity index (χ1n) is 10.4. The molecule has 0 saturated heterocycles. The van der Waals surface area contributed by atoms with Crippen LogP contribution in [0.3, 0.4) is 0 Å². The Morgan fingerprint density at radius 3 is 2.68 bits per heavy atom. The van der Waals surface area contributed by atoms with E-state index < -0.39 is 0 Å². The van der Waals surface area contributed by atoms with Crippen molar-refractivity contribution in [1.29, 1.82) is 0 Å². The summed E-state index contributed by atoms with van der Waals surface area (Å²) in [5.41, 5.74) is 5.15. The number of furan rings is 1. The minimum Gasteiger partial charge on any atom is -0.454 e. The summed E-state index contributed by atoms with van der Waals surface area (Å²) in [6.07, 6.45) is 2.11. The molecule has 0 amide bonds. The van der Waals surface area contributed by atoms with Gasteiger partial charge in [-0.1, -0.05) is 48.5 Å². The lowest BCUT2D eigenvalue weighted by Gasteiger charge is -2.11. The molecule has 6 heteroatoms. The molecule has 0 aliphatic heterocycles. The van der Waals surface area contributed by atoms with Gasteiger partial charge in [-0.2, -0.15) is 5.10 Å². The molecule has 0 aliphatic rings. The third-order valence-corrected chi connectivity index (χ3v) is 6.15. The van der Waals surface area contributed by atoms with Gasteiger partial charge in [-0.3, -0.25) is 4.68 Å². The summed E-state index contributed by atoms with van der Waals surface area (Å²) in [5.74, 6) is 0.793. The molecule has 0 aliphatic carbocycles. The summed E-state index contributed by atoms with van der Waals surface area (Å²) < 4.78 is 8.13. The van der Waals surface area contributed by atoms with E-state index in [0.29, 0.717) is 6.54 Å². The average Bonchev–Trinajstić information content (AvgIpc) is 3.50. The second-order valence-corrected chi connectivity index (χ2v) is 8.79. The number of aromatic nitrogens is 3. The molecule has 2 aromatic carbocycles. The molecular formula is C25H24N4OS. The van der Waals surface area contributed by atoms with Crippen molar-refractivity contribution in [2.75, 3.05) is 0 Å². The van der Waals surface area contributed by atoms with Gasteiger partial charge in [0, 0.05) is 35.1 Å². The molecule has 0 saturated carbocycles. The number of nitrogens with one attached hydrogen (secondary N) is 1. The number of thiazole rings is 1. The molecule has 3 heterocycles. The average molecular weight is 429 g/mol. The van der Waals surface area contributed by atoms with Crippen LogP contribution >= 0.6 is 11.3 Å². The van der Waals surface area contributed by atoms with Crippen molar-refractivity contribution in [3.05, 3.63) is 94.1 Å². The van der Waals surface area contributed by atoms with Crippen molar-refractivity contribution in [2.45, 2.75) is 33.0 Å². The van der Waals surface area contributed by atoms with E-state index in [9.17, 15) is 0 Å². The predicted octanol–water partition coefficient (Wildman–Crippen LogP) is 5.96. The first-order chi connectivity index (χ1) is 15.2. The van der Waals surface area contributed by atoms with Gasteiger partial charge in [-0.05, 0) is 31.5 Å². The zero-order chi connectivity index (χ0) is 21.2. The highest BCUT2D eigenvalue weighted by atomic mass is 32.1. The van der Waals surface area contributed by atoms with Crippen molar-refractivity contribution in [3.63, 3.8) is 0 Å². The number of fused-ring (bicyclic) bond motifs is 1. The van der Waals surface area contributed by atoms with E-state index in [4.69, 9.17) is 9.52 Å². The van der Waals surface area contributed by atoms with Crippen LogP contribution in [-0.4, -0.2) is 14.8 Å². The Balaban J connectivity index is 1.45. The summed E-state index contributed by atoms with van der Waals surface area (Å²) in [7, 11) is 0. The van der Waals surface area contributed by atoms with E-state index in [-0.39, 0.29) is 6.04 Å². The van der Waals surface area contributed by atoms with Crippen LogP contribution in [-0.2, 0) is 13.1 Å². The van der Waals surface area contributed by atoms with Crippen LogP contribution in [0.15, 0.2) is 76.7 Å². The number of benzene rings is 2. The lowest BCUT2D eigenvalue weighted by molar-refractivity contribution is 0.562. The number of para-hydroxylation sites is 1. The molecule has 1 atom stereocenters. The molecule has 0 bridgehead atoms. The van der Waals surface area contributed by atoms with E-state index in [1.807, 2.05) is 35.9 Å². The third kappa shape index (κ3) is 4.31. The van der Waals surface area contributed by atoms with Crippen LogP contribution in [0.25, 0.3) is 22.4 Å². The molecule has 0 radical (unpaired) electrons. The van der Waals surface area contributed by atoms with Crippen molar-refractivity contribution >= 4 is 22.3 Å². The summed E-state index contributed by atoms with van der Waals surface area (Å²) >= 11 is 1.68. The summed E-state index contributed by atoms with van der Waals surface area (Å²) in [5, 5.41) is 12.8. The molecule has 0 fully saturated rings. The largest absolute Gasteiger partial charge is 0.454 e. The van der Waals surface area contributed by atoms with Gasteiger partial charge in [0.2, 0.25) is 0 Å². The molecule has 0 spiro atoms. The van der Waals surface area contributed by atoms with E-state index in [1.54, 1.807) is 11.3 Å². The maximum Gasteiger partial charge on any atom is 0.156 e. The Bertz CT molecular complexity index is 1270. The molecule has 5 aromatic rings. The first kappa shape index (κ1) is 19.7. The normalized spacial score (nSPS) is 12.5. The lowest BCUT2D eigenvalue weighted by Crippen LogP contribution is -2.18. The highest BCUT2D eigenvalue weighted by Gasteiger charge is 2.17. The fourth-order valence-electron chi connectivity index (χ4n) is 3.70. The molecule has 5 nitrogen and oxygen atoms in total. The highest BCUT2D eigenvalue weighted by Crippen LogP contribution is 2.29. The third-order valence-electron chi connectivity index (χ3n) is 5.36. The maximum absolute atomic E-state index is 6.14. The molecule has 0 unspecified atom stereocenters. The van der Waals surface area contributed by atoms with Crippen LogP contribution < -0.4 is 5.32 Å². The molecule has 5 rings (SSSR count). The second-order valence-electron chi connectivity index (χ2n) is 7.73. The van der Waals surface area contributed by atoms with E-state index in [2.05, 4.69) is 65.2 Å². The van der Waals surface area contributed by atoms with Gasteiger partial charge in [0.05, 0.1) is 17.2 Å². The summed E-state index contributed by atoms with van der Waals surface area (Å²) in [6, 6.07) is 20.7. The monoisotopic (exact) mass is 428 g/mol. The van der Waals surface area contributed by atoms with E-state index in [0.717, 1.165) is 45.2 Å². The van der Waals surface area contributed by atoms with Crippen LogP contribution in [0, 0.1) is 6.92 Å². The van der Waals surface area contributed by atoms with Gasteiger partial charge in [-0.25, -0.2) is 4.98 Å². The number of hydrogen-bond donors (Lipinski definition) is 1. The standard InChI is InChI=1S/C25H24N4OS/c1-17(22-16-31-18(2)27-22)26-13-21-15-29(14-19-8-4-3-5-9-19)28-25(21)24-12-20-10-6-7-11-23(20)30-24/h3-12,15-17,26H,13-14H2,1-2H3/t17-/m0/s1. The van der Waals surface area contributed by atoms with Gasteiger partial charge in [0.1, 0.15) is 11.3 Å². The fraction of sp³-hybridized carbons (Fsp3) is 0.200. The second kappa shape index (κ2) is 8.49. The van der Waals surface area contributed by atoms with Gasteiger partial charge in [0.15, 0.2) is 5.76 Å². The maximum atomic E-state index is 6.14. The van der Waals surface area contributed by atoms with Crippen LogP contribution in [0.2, 0.25) is 0 Å². The summed E-state index contributed by atoms with van der Waals surface area (Å²) in [6.45, 7) is 5.58. The first-order valence-corrected chi connectivity index (χ1v) is 11.3. The predicted molar refractivity (Wildman–Crippen MR) is 125 cm³/mol. The Morgan fingerprint density at radius 2 is 1.90 bits per heavy atom. The van der Waals surface area contributed by atoms with Gasteiger partial charge in [0.25, 0.3) is 0 Å².